The minimum absolute atomic E-state index is 0.361. The number of aryl methyl sites for hydroxylation is 1. The highest BCUT2D eigenvalue weighted by atomic mass is 32.2. The van der Waals surface area contributed by atoms with Crippen molar-refractivity contribution in [3.05, 3.63) is 29.8 Å². The second kappa shape index (κ2) is 6.67. The Hall–Kier alpha value is -0.760. The fourth-order valence-electron chi connectivity index (χ4n) is 0.957. The lowest BCUT2D eigenvalue weighted by molar-refractivity contribution is 0.489. The van der Waals surface area contributed by atoms with Gasteiger partial charge in [-0.05, 0) is 24.1 Å². The molecule has 0 spiro atoms. The monoisotopic (exact) mass is 250 g/mol. The Bertz CT molecular complexity index is 375. The quantitative estimate of drug-likeness (QED) is 0.480. The molecule has 0 aliphatic heterocycles. The van der Waals surface area contributed by atoms with Gasteiger partial charge in [0.1, 0.15) is 0 Å². The van der Waals surface area contributed by atoms with E-state index >= 15 is 0 Å². The van der Waals surface area contributed by atoms with Crippen LogP contribution in [0.3, 0.4) is 0 Å². The van der Waals surface area contributed by atoms with Crippen molar-refractivity contribution in [1.82, 2.24) is 0 Å². The van der Waals surface area contributed by atoms with Gasteiger partial charge in [0.25, 0.3) is 0 Å². The van der Waals surface area contributed by atoms with Gasteiger partial charge in [-0.15, -0.1) is 12.8 Å². The number of anilines is 1. The molecule has 0 saturated heterocycles. The number of hydrogen-bond acceptors (Lipinski definition) is 4. The van der Waals surface area contributed by atoms with Gasteiger partial charge in [-0.1, -0.05) is 19.1 Å². The van der Waals surface area contributed by atoms with Gasteiger partial charge in [0.2, 0.25) is 0 Å². The smallest absolute Gasteiger partial charge is 0.281 e. The molecule has 0 bridgehead atoms. The lowest BCUT2D eigenvalue weighted by atomic mass is 10.2. The fraction of sp³-hybridized carbons (Fsp3) is 0.250. The van der Waals surface area contributed by atoms with Gasteiger partial charge in [-0.3, -0.25) is 14.4 Å². The van der Waals surface area contributed by atoms with Crippen LogP contribution >= 0.6 is 12.8 Å². The van der Waals surface area contributed by atoms with Crippen molar-refractivity contribution in [3.63, 3.8) is 0 Å². The van der Waals surface area contributed by atoms with E-state index in [1.807, 2.05) is 11.6 Å². The molecule has 0 unspecified atom stereocenters. The third-order valence-electron chi connectivity index (χ3n) is 1.61. The molecule has 0 aliphatic carbocycles. The van der Waals surface area contributed by atoms with Crippen LogP contribution in [0.25, 0.3) is 0 Å². The SMILES string of the molecule is CCc1ccc(NS(=O)(=O)O)cc1.NS. The maximum Gasteiger partial charge on any atom is 0.357 e. The van der Waals surface area contributed by atoms with Crippen LogP contribution in [0.5, 0.6) is 0 Å². The first-order chi connectivity index (χ1) is 7.01. The lowest BCUT2D eigenvalue weighted by Crippen LogP contribution is -2.10. The summed E-state index contributed by atoms with van der Waals surface area (Å²) in [5.41, 5.74) is 1.47. The molecule has 0 saturated carbocycles. The molecule has 1 aromatic carbocycles. The molecule has 0 fully saturated rings. The Morgan fingerprint density at radius 3 is 2.13 bits per heavy atom. The van der Waals surface area contributed by atoms with Gasteiger partial charge in [0, 0.05) is 0 Å². The van der Waals surface area contributed by atoms with Crippen LogP contribution in [0.2, 0.25) is 0 Å². The first kappa shape index (κ1) is 14.2. The maximum absolute atomic E-state index is 10.4. The van der Waals surface area contributed by atoms with Crippen LogP contribution in [0.1, 0.15) is 12.5 Å². The predicted octanol–water partition coefficient (Wildman–Crippen LogP) is 1.25. The normalized spacial score (nSPS) is 10.1. The molecular weight excluding hydrogens is 236 g/mol. The van der Waals surface area contributed by atoms with E-state index in [9.17, 15) is 8.42 Å². The molecule has 0 aliphatic rings. The van der Waals surface area contributed by atoms with E-state index in [4.69, 9.17) is 4.55 Å². The second-order valence-electron chi connectivity index (χ2n) is 2.63. The minimum atomic E-state index is -4.15. The lowest BCUT2D eigenvalue weighted by Gasteiger charge is -2.02. The molecule has 86 valence electrons. The molecular formula is C8H14N2O3S2. The molecule has 15 heavy (non-hydrogen) atoms. The molecule has 1 aromatic rings. The number of thiol groups is 1. The maximum atomic E-state index is 10.4. The summed E-state index contributed by atoms with van der Waals surface area (Å²) in [7, 11) is -4.15. The van der Waals surface area contributed by atoms with Crippen molar-refractivity contribution in [1.29, 1.82) is 0 Å². The summed E-state index contributed by atoms with van der Waals surface area (Å²) >= 11 is 3.03. The third kappa shape index (κ3) is 6.34. The first-order valence-corrected chi connectivity index (χ1v) is 6.07. The molecule has 1 rings (SSSR count). The van der Waals surface area contributed by atoms with Crippen molar-refractivity contribution in [2.24, 2.45) is 5.14 Å². The molecule has 7 heteroatoms. The largest absolute Gasteiger partial charge is 0.357 e. The van der Waals surface area contributed by atoms with E-state index < -0.39 is 10.3 Å². The van der Waals surface area contributed by atoms with Gasteiger partial charge >= 0.3 is 10.3 Å². The van der Waals surface area contributed by atoms with Crippen LogP contribution in [0, 0.1) is 0 Å². The van der Waals surface area contributed by atoms with Gasteiger partial charge in [-0.2, -0.15) is 8.42 Å². The molecule has 0 heterocycles. The van der Waals surface area contributed by atoms with Crippen LogP contribution in [0.4, 0.5) is 5.69 Å². The fourth-order valence-corrected chi connectivity index (χ4v) is 1.39. The standard InChI is InChI=1S/C8H11NO3S.H3NS/c1-2-7-3-5-8(6-4-7)9-13(10,11)12;1-2/h3-6,9H,2H2,1H3,(H,10,11,12);2H,1H2. The summed E-state index contributed by atoms with van der Waals surface area (Å²) in [6, 6.07) is 6.81. The zero-order valence-electron chi connectivity index (χ0n) is 8.21. The second-order valence-corrected chi connectivity index (χ2v) is 3.78. The number of hydrogen-bond donors (Lipinski definition) is 4. The molecule has 0 radical (unpaired) electrons. The van der Waals surface area contributed by atoms with E-state index in [1.54, 1.807) is 24.3 Å². The summed E-state index contributed by atoms with van der Waals surface area (Å²) in [6.07, 6.45) is 0.895. The zero-order chi connectivity index (χ0) is 11.9. The molecule has 5 nitrogen and oxygen atoms in total. The van der Waals surface area contributed by atoms with Crippen molar-refractivity contribution in [2.45, 2.75) is 13.3 Å². The van der Waals surface area contributed by atoms with Crippen LogP contribution in [0.15, 0.2) is 24.3 Å². The Kier molecular flexibility index (Phi) is 6.34. The van der Waals surface area contributed by atoms with Gasteiger partial charge < -0.3 is 0 Å². The van der Waals surface area contributed by atoms with Crippen LogP contribution < -0.4 is 9.86 Å². The van der Waals surface area contributed by atoms with Crippen molar-refractivity contribution in [3.8, 4) is 0 Å². The summed E-state index contributed by atoms with van der Waals surface area (Å²) in [5, 5.41) is 4.19. The Balaban J connectivity index is 0.000000921. The average molecular weight is 250 g/mol. The molecule has 0 aromatic heterocycles. The van der Waals surface area contributed by atoms with Gasteiger partial charge in [0.15, 0.2) is 0 Å². The molecule has 4 N–H and O–H groups in total. The number of benzene rings is 1. The summed E-state index contributed by atoms with van der Waals surface area (Å²) < 4.78 is 31.2. The molecule has 0 amide bonds. The van der Waals surface area contributed by atoms with Gasteiger partial charge in [-0.25, -0.2) is 0 Å². The van der Waals surface area contributed by atoms with Crippen molar-refractivity contribution >= 4 is 28.8 Å². The average Bonchev–Trinajstić information content (AvgIpc) is 2.20. The van der Waals surface area contributed by atoms with Crippen LogP contribution in [-0.2, 0) is 16.7 Å². The predicted molar refractivity (Wildman–Crippen MR) is 64.2 cm³/mol. The number of nitrogens with one attached hydrogen (secondary N) is 1. The van der Waals surface area contributed by atoms with Crippen molar-refractivity contribution in [2.75, 3.05) is 4.72 Å². The Labute approximate surface area is 95.1 Å². The summed E-state index contributed by atoms with van der Waals surface area (Å²) in [5.74, 6) is 0. The van der Waals surface area contributed by atoms with Crippen molar-refractivity contribution < 1.29 is 13.0 Å². The zero-order valence-corrected chi connectivity index (χ0v) is 9.92. The minimum Gasteiger partial charge on any atom is -0.281 e. The van der Waals surface area contributed by atoms with E-state index in [0.29, 0.717) is 5.69 Å². The summed E-state index contributed by atoms with van der Waals surface area (Å²) in [4.78, 5) is 0. The third-order valence-corrected chi connectivity index (χ3v) is 2.10. The Morgan fingerprint density at radius 1 is 1.33 bits per heavy atom. The van der Waals surface area contributed by atoms with Gasteiger partial charge in [0.05, 0.1) is 5.69 Å². The Morgan fingerprint density at radius 2 is 1.80 bits per heavy atom. The highest BCUT2D eigenvalue weighted by molar-refractivity contribution is 7.87. The molecule has 0 atom stereocenters. The number of rotatable bonds is 3. The van der Waals surface area contributed by atoms with Crippen LogP contribution in [-0.4, -0.2) is 13.0 Å². The summed E-state index contributed by atoms with van der Waals surface area (Å²) in [6.45, 7) is 2.01. The van der Waals surface area contributed by atoms with E-state index in [2.05, 4.69) is 18.0 Å². The van der Waals surface area contributed by atoms with E-state index in [-0.39, 0.29) is 0 Å². The highest BCUT2D eigenvalue weighted by Crippen LogP contribution is 2.10. The highest BCUT2D eigenvalue weighted by Gasteiger charge is 2.02. The first-order valence-electron chi connectivity index (χ1n) is 4.11. The topological polar surface area (TPSA) is 92.4 Å². The van der Waals surface area contributed by atoms with E-state index in [0.717, 1.165) is 12.0 Å². The van der Waals surface area contributed by atoms with E-state index in [1.165, 1.54) is 0 Å². The number of nitrogens with two attached hydrogens (primary N) is 1.